The molecule has 4 heteroatoms. The summed E-state index contributed by atoms with van der Waals surface area (Å²) < 4.78 is 0. The third-order valence-electron chi connectivity index (χ3n) is 6.00. The maximum absolute atomic E-state index is 11.6. The van der Waals surface area contributed by atoms with Gasteiger partial charge in [0.2, 0.25) is 0 Å². The zero-order valence-electron chi connectivity index (χ0n) is 19.5. The van der Waals surface area contributed by atoms with Crippen molar-refractivity contribution in [2.75, 3.05) is 10.2 Å². The Bertz CT molecular complexity index is 1440. The molecule has 0 saturated carbocycles. The molecule has 0 spiro atoms. The molecule has 0 aliphatic carbocycles. The fourth-order valence-electron chi connectivity index (χ4n) is 4.24. The summed E-state index contributed by atoms with van der Waals surface area (Å²) in [4.78, 5) is 25.1. The number of nitrogens with one attached hydrogen (secondary N) is 1. The molecule has 0 aromatic heterocycles. The first kappa shape index (κ1) is 22.8. The van der Waals surface area contributed by atoms with E-state index < -0.39 is 0 Å². The van der Waals surface area contributed by atoms with E-state index in [9.17, 15) is 9.59 Å². The number of para-hydroxylation sites is 3. The predicted molar refractivity (Wildman–Crippen MR) is 147 cm³/mol. The first-order valence-corrected chi connectivity index (χ1v) is 11.7. The first-order valence-electron chi connectivity index (χ1n) is 11.7. The standard InChI is InChI=1S/C32H24N2O2/c35-22-24-15-16-26(23-36)32(21-24)33-31-14-8-7-13-30(31)25-17-19-29(20-18-25)34(27-9-3-1-4-10-27)28-11-5-2-6-12-28/h1-23,33H. The highest BCUT2D eigenvalue weighted by molar-refractivity contribution is 5.92. The Morgan fingerprint density at radius 3 is 1.72 bits per heavy atom. The third kappa shape index (κ3) is 4.79. The van der Waals surface area contributed by atoms with Crippen LogP contribution >= 0.6 is 0 Å². The lowest BCUT2D eigenvalue weighted by molar-refractivity contribution is 0.111. The van der Waals surface area contributed by atoms with Crippen LogP contribution in [0.2, 0.25) is 0 Å². The lowest BCUT2D eigenvalue weighted by Crippen LogP contribution is -2.09. The summed E-state index contributed by atoms with van der Waals surface area (Å²) in [7, 11) is 0. The van der Waals surface area contributed by atoms with Gasteiger partial charge in [0.1, 0.15) is 6.29 Å². The van der Waals surface area contributed by atoms with Gasteiger partial charge in [-0.3, -0.25) is 9.59 Å². The molecule has 36 heavy (non-hydrogen) atoms. The number of anilines is 5. The van der Waals surface area contributed by atoms with Gasteiger partial charge in [-0.25, -0.2) is 0 Å². The molecule has 5 rings (SSSR count). The van der Waals surface area contributed by atoms with E-state index in [0.29, 0.717) is 16.8 Å². The van der Waals surface area contributed by atoms with Crippen molar-refractivity contribution in [2.24, 2.45) is 0 Å². The van der Waals surface area contributed by atoms with Crippen molar-refractivity contribution < 1.29 is 9.59 Å². The van der Waals surface area contributed by atoms with Gasteiger partial charge in [0.25, 0.3) is 0 Å². The molecule has 0 radical (unpaired) electrons. The minimum absolute atomic E-state index is 0.493. The van der Waals surface area contributed by atoms with E-state index in [2.05, 4.69) is 58.7 Å². The molecule has 1 N–H and O–H groups in total. The molecule has 0 bridgehead atoms. The summed E-state index contributed by atoms with van der Waals surface area (Å²) in [5.74, 6) is 0. The quantitative estimate of drug-likeness (QED) is 0.233. The first-order chi connectivity index (χ1) is 17.8. The number of aldehydes is 2. The zero-order valence-corrected chi connectivity index (χ0v) is 19.5. The Labute approximate surface area is 210 Å². The van der Waals surface area contributed by atoms with E-state index in [0.717, 1.165) is 46.4 Å². The average molecular weight is 469 g/mol. The largest absolute Gasteiger partial charge is 0.354 e. The van der Waals surface area contributed by atoms with Crippen molar-refractivity contribution in [2.45, 2.75) is 0 Å². The van der Waals surface area contributed by atoms with E-state index in [1.54, 1.807) is 18.2 Å². The van der Waals surface area contributed by atoms with Crippen molar-refractivity contribution in [1.82, 2.24) is 0 Å². The summed E-state index contributed by atoms with van der Waals surface area (Å²) in [5.41, 5.74) is 7.66. The highest BCUT2D eigenvalue weighted by Crippen LogP contribution is 2.37. The SMILES string of the molecule is O=Cc1ccc(C=O)c(Nc2ccccc2-c2ccc(N(c3ccccc3)c3ccccc3)cc2)c1. The molecular weight excluding hydrogens is 444 g/mol. The Hall–Kier alpha value is -4.96. The van der Waals surface area contributed by atoms with Crippen molar-refractivity contribution in [1.29, 1.82) is 0 Å². The Kier molecular flexibility index (Phi) is 6.68. The molecule has 0 saturated heterocycles. The topological polar surface area (TPSA) is 49.4 Å². The van der Waals surface area contributed by atoms with Gasteiger partial charge in [0, 0.05) is 45.1 Å². The minimum atomic E-state index is 0.493. The molecule has 0 atom stereocenters. The summed E-state index contributed by atoms with van der Waals surface area (Å²) in [6, 6.07) is 41.9. The number of hydrogen-bond acceptors (Lipinski definition) is 4. The number of benzene rings is 5. The predicted octanol–water partition coefficient (Wildman–Crippen LogP) is 8.19. The van der Waals surface area contributed by atoms with E-state index in [1.165, 1.54) is 0 Å². The molecule has 0 unspecified atom stereocenters. The Morgan fingerprint density at radius 2 is 1.11 bits per heavy atom. The van der Waals surface area contributed by atoms with Gasteiger partial charge in [0.05, 0.1) is 0 Å². The van der Waals surface area contributed by atoms with Crippen LogP contribution in [0.3, 0.4) is 0 Å². The molecular formula is C32H24N2O2. The Morgan fingerprint density at radius 1 is 0.528 bits per heavy atom. The average Bonchev–Trinajstić information content (AvgIpc) is 2.95. The minimum Gasteiger partial charge on any atom is -0.354 e. The van der Waals surface area contributed by atoms with Crippen molar-refractivity contribution in [3.05, 3.63) is 139 Å². The molecule has 174 valence electrons. The second-order valence-electron chi connectivity index (χ2n) is 8.31. The molecule has 4 nitrogen and oxygen atoms in total. The van der Waals surface area contributed by atoms with Crippen LogP contribution in [0.25, 0.3) is 11.1 Å². The van der Waals surface area contributed by atoms with E-state index in [4.69, 9.17) is 0 Å². The van der Waals surface area contributed by atoms with Gasteiger partial charge in [0.15, 0.2) is 6.29 Å². The number of rotatable bonds is 8. The smallest absolute Gasteiger partial charge is 0.152 e. The number of hydrogen-bond donors (Lipinski definition) is 1. The fraction of sp³-hybridized carbons (Fsp3) is 0. The van der Waals surface area contributed by atoms with Crippen molar-refractivity contribution in [3.8, 4) is 11.1 Å². The maximum atomic E-state index is 11.6. The van der Waals surface area contributed by atoms with Crippen LogP contribution in [0.5, 0.6) is 0 Å². The van der Waals surface area contributed by atoms with Gasteiger partial charge in [-0.2, -0.15) is 0 Å². The molecule has 5 aromatic carbocycles. The monoisotopic (exact) mass is 468 g/mol. The van der Waals surface area contributed by atoms with E-state index >= 15 is 0 Å². The normalized spacial score (nSPS) is 10.4. The van der Waals surface area contributed by atoms with Gasteiger partial charge in [-0.15, -0.1) is 0 Å². The maximum Gasteiger partial charge on any atom is 0.152 e. The van der Waals surface area contributed by atoms with Gasteiger partial charge in [-0.05, 0) is 60.2 Å². The van der Waals surface area contributed by atoms with Crippen molar-refractivity contribution >= 4 is 41.0 Å². The number of nitrogens with zero attached hydrogens (tertiary/aromatic N) is 1. The molecule has 5 aromatic rings. The highest BCUT2D eigenvalue weighted by atomic mass is 16.1. The van der Waals surface area contributed by atoms with Crippen molar-refractivity contribution in [3.63, 3.8) is 0 Å². The molecule has 0 amide bonds. The molecule has 0 aliphatic rings. The van der Waals surface area contributed by atoms with Crippen LogP contribution in [0.1, 0.15) is 20.7 Å². The molecule has 0 fully saturated rings. The summed E-state index contributed by atoms with van der Waals surface area (Å²) in [6.45, 7) is 0. The summed E-state index contributed by atoms with van der Waals surface area (Å²) in [6.07, 6.45) is 1.56. The number of carbonyl (C=O) groups is 2. The third-order valence-corrected chi connectivity index (χ3v) is 6.00. The van der Waals surface area contributed by atoms with Gasteiger partial charge < -0.3 is 10.2 Å². The molecule has 0 aliphatic heterocycles. The second kappa shape index (κ2) is 10.5. The highest BCUT2D eigenvalue weighted by Gasteiger charge is 2.13. The lowest BCUT2D eigenvalue weighted by atomic mass is 10.0. The van der Waals surface area contributed by atoms with Crippen LogP contribution in [-0.2, 0) is 0 Å². The van der Waals surface area contributed by atoms with Crippen LogP contribution < -0.4 is 10.2 Å². The Balaban J connectivity index is 1.51. The van der Waals surface area contributed by atoms with Crippen LogP contribution in [0, 0.1) is 0 Å². The van der Waals surface area contributed by atoms with E-state index in [-0.39, 0.29) is 0 Å². The van der Waals surface area contributed by atoms with Gasteiger partial charge in [-0.1, -0.05) is 72.8 Å². The summed E-state index contributed by atoms with van der Waals surface area (Å²) >= 11 is 0. The number of carbonyl (C=O) groups excluding carboxylic acids is 2. The second-order valence-corrected chi connectivity index (χ2v) is 8.31. The zero-order chi connectivity index (χ0) is 24.7. The van der Waals surface area contributed by atoms with Crippen LogP contribution in [-0.4, -0.2) is 12.6 Å². The lowest BCUT2D eigenvalue weighted by Gasteiger charge is -2.25. The van der Waals surface area contributed by atoms with Crippen LogP contribution in [0.15, 0.2) is 127 Å². The van der Waals surface area contributed by atoms with E-state index in [1.807, 2.05) is 60.7 Å². The van der Waals surface area contributed by atoms with Gasteiger partial charge >= 0.3 is 0 Å². The van der Waals surface area contributed by atoms with Crippen LogP contribution in [0.4, 0.5) is 28.4 Å². The summed E-state index contributed by atoms with van der Waals surface area (Å²) in [5, 5.41) is 3.35. The molecule has 0 heterocycles. The fourth-order valence-corrected chi connectivity index (χ4v) is 4.24.